The van der Waals surface area contributed by atoms with E-state index in [0.29, 0.717) is 23.7 Å². The first kappa shape index (κ1) is 51.5. The minimum absolute atomic E-state index is 0.0252. The Morgan fingerprint density at radius 3 is 1.35 bits per heavy atom. The monoisotopic (exact) mass is 947 g/mol. The lowest BCUT2D eigenvalue weighted by atomic mass is 9.47. The van der Waals surface area contributed by atoms with Crippen LogP contribution in [0.5, 0.6) is 0 Å². The third-order valence-electron chi connectivity index (χ3n) is 22.0. The highest BCUT2D eigenvalue weighted by atomic mass is 33.1. The topological polar surface area (TPSA) is 52.6 Å². The van der Waals surface area contributed by atoms with Crippen molar-refractivity contribution in [3.05, 3.63) is 23.3 Å². The second-order valence-electron chi connectivity index (χ2n) is 26.4. The Bertz CT molecular complexity index is 1610. The summed E-state index contributed by atoms with van der Waals surface area (Å²) in [5, 5.41) is 0. The number of fused-ring (bicyclic) bond motifs is 10. The van der Waals surface area contributed by atoms with E-state index in [1.54, 1.807) is 32.7 Å². The molecule has 0 spiro atoms. The van der Waals surface area contributed by atoms with Gasteiger partial charge < -0.3 is 9.47 Å². The van der Waals surface area contributed by atoms with Gasteiger partial charge in [-0.3, -0.25) is 9.59 Å². The number of carbonyl (C=O) groups is 2. The molecule has 0 amide bonds. The maximum Gasteiger partial charge on any atom is 0.306 e. The third kappa shape index (κ3) is 10.5. The van der Waals surface area contributed by atoms with E-state index in [1.807, 2.05) is 0 Å². The minimum Gasteiger partial charge on any atom is -0.462 e. The van der Waals surface area contributed by atoms with Crippen LogP contribution in [0.1, 0.15) is 223 Å². The van der Waals surface area contributed by atoms with E-state index in [1.165, 1.54) is 103 Å². The first-order chi connectivity index (χ1) is 31.5. The van der Waals surface area contributed by atoms with Crippen molar-refractivity contribution in [1.29, 1.82) is 0 Å². The second-order valence-corrected chi connectivity index (χ2v) is 29.1. The van der Waals surface area contributed by atoms with Crippen LogP contribution in [0.2, 0.25) is 0 Å². The molecule has 6 heteroatoms. The fourth-order valence-corrected chi connectivity index (χ4v) is 20.3. The van der Waals surface area contributed by atoms with Crippen LogP contribution in [0.3, 0.4) is 0 Å². The zero-order chi connectivity index (χ0) is 47.0. The van der Waals surface area contributed by atoms with Crippen molar-refractivity contribution in [3.8, 4) is 0 Å². The molecule has 374 valence electrons. The smallest absolute Gasteiger partial charge is 0.306 e. The molecule has 0 heterocycles. The first-order valence-corrected chi connectivity index (χ1v) is 31.0. The summed E-state index contributed by atoms with van der Waals surface area (Å²) in [6.07, 6.45) is 34.6. The van der Waals surface area contributed by atoms with Gasteiger partial charge >= 0.3 is 11.9 Å². The third-order valence-corrected chi connectivity index (χ3v) is 24.4. The van der Waals surface area contributed by atoms with Crippen molar-refractivity contribution >= 4 is 33.5 Å². The van der Waals surface area contributed by atoms with Crippen molar-refractivity contribution < 1.29 is 19.1 Å². The predicted octanol–water partition coefficient (Wildman–Crippen LogP) is 17.1. The Kier molecular flexibility index (Phi) is 16.7. The standard InChI is InChI=1S/C60H98O4S2/c1-39(2)13-11-15-41(5)49-21-23-51-47-19-17-43-37-45(25-31-57(43,7)53(47)27-33-59(49,51)9)63-55(61)29-35-65-66-36-30-56(62)64-46-26-32-58(8)44(38-46)18-20-48-52-24-22-50(42(6)16-12-14-40(3)4)60(52,10)34-28-54(48)58/h17-18,39-42,45-54H,11-16,19-38H2,1-10H3/t41-,42-,45?,46?,47+,48+,49-,50-,51+,52+,53+,54+,57+,58+,59-,60-/m1/s1. The minimum atomic E-state index is -0.0530. The number of esters is 2. The van der Waals surface area contributed by atoms with Gasteiger partial charge in [0.1, 0.15) is 12.2 Å². The molecule has 8 aliphatic rings. The van der Waals surface area contributed by atoms with Gasteiger partial charge in [-0.05, 0) is 183 Å². The summed E-state index contributed by atoms with van der Waals surface area (Å²) in [4.78, 5) is 26.2. The molecular formula is C60H98O4S2. The summed E-state index contributed by atoms with van der Waals surface area (Å²) in [5.74, 6) is 11.5. The summed E-state index contributed by atoms with van der Waals surface area (Å²) in [6, 6.07) is 0. The number of hydrogen-bond donors (Lipinski definition) is 0. The largest absolute Gasteiger partial charge is 0.462 e. The summed E-state index contributed by atoms with van der Waals surface area (Å²) in [5.41, 5.74) is 4.79. The first-order valence-electron chi connectivity index (χ1n) is 28.5. The molecule has 2 unspecified atom stereocenters. The van der Waals surface area contributed by atoms with Crippen LogP contribution in [-0.4, -0.2) is 35.7 Å². The number of carbonyl (C=O) groups excluding carboxylic acids is 2. The Morgan fingerprint density at radius 1 is 0.545 bits per heavy atom. The number of hydrogen-bond acceptors (Lipinski definition) is 6. The second kappa shape index (κ2) is 21.5. The van der Waals surface area contributed by atoms with E-state index < -0.39 is 0 Å². The molecule has 6 saturated carbocycles. The van der Waals surface area contributed by atoms with E-state index in [-0.39, 0.29) is 35.0 Å². The van der Waals surface area contributed by atoms with Crippen LogP contribution in [-0.2, 0) is 19.1 Å². The van der Waals surface area contributed by atoms with Crippen LogP contribution < -0.4 is 0 Å². The van der Waals surface area contributed by atoms with Gasteiger partial charge in [0, 0.05) is 24.3 Å². The van der Waals surface area contributed by atoms with Gasteiger partial charge in [0.15, 0.2) is 0 Å². The molecule has 0 aromatic heterocycles. The van der Waals surface area contributed by atoms with Crippen molar-refractivity contribution in [1.82, 2.24) is 0 Å². The lowest BCUT2D eigenvalue weighted by molar-refractivity contribution is -0.152. The summed E-state index contributed by atoms with van der Waals surface area (Å²) in [7, 11) is 3.40. The molecule has 4 nitrogen and oxygen atoms in total. The molecule has 0 saturated heterocycles. The molecule has 0 aromatic rings. The van der Waals surface area contributed by atoms with Gasteiger partial charge in [-0.2, -0.15) is 0 Å². The van der Waals surface area contributed by atoms with E-state index in [2.05, 4.69) is 81.4 Å². The highest BCUT2D eigenvalue weighted by molar-refractivity contribution is 8.76. The molecule has 8 aliphatic carbocycles. The Hall–Kier alpha value is -0.880. The van der Waals surface area contributed by atoms with Crippen molar-refractivity contribution in [3.63, 3.8) is 0 Å². The van der Waals surface area contributed by atoms with Crippen LogP contribution in [0.25, 0.3) is 0 Å². The van der Waals surface area contributed by atoms with Crippen molar-refractivity contribution in [2.24, 2.45) is 92.7 Å². The summed E-state index contributed by atoms with van der Waals surface area (Å²) >= 11 is 0. The Morgan fingerprint density at radius 2 is 0.955 bits per heavy atom. The normalized spacial score (nSPS) is 41.3. The maximum absolute atomic E-state index is 13.1. The SMILES string of the molecule is CC(C)CCC[C@@H](C)[C@H]1CC[C@H]2[C@@H]3CC=C4CC(OC(=O)CCSSCCC(=O)OC5CC[C@@]6(C)C(=CC[C@H]7[C@@H]8CC[C@H]([C@H](C)CCCC(C)C)[C@@]8(C)CC[C@@H]76)C5)CC[C@]4(C)[C@H]3CC[C@]12C. The van der Waals surface area contributed by atoms with Gasteiger partial charge in [-0.15, -0.1) is 0 Å². The average molecular weight is 948 g/mol. The van der Waals surface area contributed by atoms with Crippen LogP contribution in [0.15, 0.2) is 23.3 Å². The van der Waals surface area contributed by atoms with Crippen molar-refractivity contribution in [2.45, 2.75) is 236 Å². The number of ether oxygens (including phenoxy) is 2. The van der Waals surface area contributed by atoms with Crippen LogP contribution >= 0.6 is 21.6 Å². The zero-order valence-corrected chi connectivity index (χ0v) is 45.7. The van der Waals surface area contributed by atoms with Gasteiger partial charge in [-0.25, -0.2) is 0 Å². The van der Waals surface area contributed by atoms with Gasteiger partial charge in [0.2, 0.25) is 0 Å². The molecule has 6 fully saturated rings. The molecule has 0 aromatic carbocycles. The van der Waals surface area contributed by atoms with Crippen LogP contribution in [0, 0.1) is 92.7 Å². The lowest BCUT2D eigenvalue weighted by Gasteiger charge is -2.58. The molecule has 0 N–H and O–H groups in total. The van der Waals surface area contributed by atoms with Crippen LogP contribution in [0.4, 0.5) is 0 Å². The van der Waals surface area contributed by atoms with E-state index in [9.17, 15) is 9.59 Å². The maximum atomic E-state index is 13.1. The van der Waals surface area contributed by atoms with E-state index >= 15 is 0 Å². The van der Waals surface area contributed by atoms with Gasteiger partial charge in [0.05, 0.1) is 12.8 Å². The lowest BCUT2D eigenvalue weighted by Crippen LogP contribution is -2.51. The molecule has 0 radical (unpaired) electrons. The van der Waals surface area contributed by atoms with E-state index in [4.69, 9.17) is 9.47 Å². The van der Waals surface area contributed by atoms with Gasteiger partial charge in [0.25, 0.3) is 0 Å². The Balaban J connectivity index is 0.717. The van der Waals surface area contributed by atoms with E-state index in [0.717, 1.165) is 121 Å². The highest BCUT2D eigenvalue weighted by Crippen LogP contribution is 2.69. The Labute approximate surface area is 413 Å². The molecule has 0 aliphatic heterocycles. The fraction of sp³-hybridized carbons (Fsp3) is 0.900. The number of allylic oxidation sites excluding steroid dienone is 2. The number of rotatable bonds is 19. The predicted molar refractivity (Wildman–Crippen MR) is 280 cm³/mol. The quantitative estimate of drug-likeness (QED) is 0.0557. The molecule has 0 bridgehead atoms. The molecule has 16 atom stereocenters. The average Bonchev–Trinajstić information content (AvgIpc) is 3.81. The van der Waals surface area contributed by atoms with Crippen molar-refractivity contribution in [2.75, 3.05) is 11.5 Å². The molecule has 66 heavy (non-hydrogen) atoms. The summed E-state index contributed by atoms with van der Waals surface area (Å²) in [6.45, 7) is 25.2. The molecular weight excluding hydrogens is 849 g/mol. The van der Waals surface area contributed by atoms with Gasteiger partial charge in [-0.1, -0.05) is 153 Å². The summed E-state index contributed by atoms with van der Waals surface area (Å²) < 4.78 is 12.3. The fourth-order valence-electron chi connectivity index (χ4n) is 18.4. The zero-order valence-electron chi connectivity index (χ0n) is 44.1. The highest BCUT2D eigenvalue weighted by Gasteiger charge is 2.61. The molecule has 8 rings (SSSR count).